The van der Waals surface area contributed by atoms with Crippen molar-refractivity contribution in [3.8, 4) is 11.8 Å². The first-order valence-corrected chi connectivity index (χ1v) is 6.87. The summed E-state index contributed by atoms with van der Waals surface area (Å²) in [5.41, 5.74) is 2.74. The molecule has 3 N–H and O–H groups in total. The Hall–Kier alpha value is -1.99. The fourth-order valence-corrected chi connectivity index (χ4v) is 1.73. The van der Waals surface area contributed by atoms with Crippen LogP contribution in [0.25, 0.3) is 0 Å². The summed E-state index contributed by atoms with van der Waals surface area (Å²) < 4.78 is 0. The molecule has 0 atom stereocenters. The highest BCUT2D eigenvalue weighted by Crippen LogP contribution is 2.18. The minimum Gasteiger partial charge on any atom is -0.395 e. The van der Waals surface area contributed by atoms with Gasteiger partial charge in [0.15, 0.2) is 0 Å². The molecule has 0 spiro atoms. The van der Waals surface area contributed by atoms with Crippen molar-refractivity contribution < 1.29 is 9.90 Å². The lowest BCUT2D eigenvalue weighted by Gasteiger charge is -2.13. The molecular formula is C16H22N2O2. The predicted molar refractivity (Wildman–Crippen MR) is 81.7 cm³/mol. The fraction of sp³-hybridized carbons (Fsp3) is 0.438. The van der Waals surface area contributed by atoms with E-state index in [0.717, 1.165) is 23.2 Å². The Morgan fingerprint density at radius 2 is 2.15 bits per heavy atom. The minimum absolute atomic E-state index is 0.0721. The van der Waals surface area contributed by atoms with Crippen LogP contribution in [0.4, 0.5) is 10.5 Å². The Morgan fingerprint density at radius 3 is 2.75 bits per heavy atom. The number of urea groups is 1. The van der Waals surface area contributed by atoms with Crippen LogP contribution < -0.4 is 10.6 Å². The van der Waals surface area contributed by atoms with E-state index in [0.29, 0.717) is 6.42 Å². The van der Waals surface area contributed by atoms with Crippen LogP contribution >= 0.6 is 0 Å². The molecule has 4 nitrogen and oxygen atoms in total. The molecule has 0 unspecified atom stereocenters. The molecule has 1 rings (SSSR count). The van der Waals surface area contributed by atoms with Gasteiger partial charge in [0.25, 0.3) is 0 Å². The highest BCUT2D eigenvalue weighted by molar-refractivity contribution is 5.90. The molecule has 0 radical (unpaired) electrons. The van der Waals surface area contributed by atoms with Crippen LogP contribution in [0.15, 0.2) is 18.2 Å². The number of rotatable bonds is 4. The van der Waals surface area contributed by atoms with E-state index < -0.39 is 0 Å². The number of aryl methyl sites for hydroxylation is 1. The van der Waals surface area contributed by atoms with Gasteiger partial charge in [-0.25, -0.2) is 4.79 Å². The summed E-state index contributed by atoms with van der Waals surface area (Å²) in [4.78, 5) is 11.7. The first-order chi connectivity index (χ1) is 9.56. The van der Waals surface area contributed by atoms with Gasteiger partial charge in [-0.05, 0) is 44.0 Å². The molecule has 0 aliphatic carbocycles. The summed E-state index contributed by atoms with van der Waals surface area (Å²) in [6.07, 6.45) is 1.28. The van der Waals surface area contributed by atoms with E-state index in [-0.39, 0.29) is 18.7 Å². The van der Waals surface area contributed by atoms with Crippen LogP contribution in [0.1, 0.15) is 38.3 Å². The van der Waals surface area contributed by atoms with Gasteiger partial charge in [-0.2, -0.15) is 0 Å². The maximum Gasteiger partial charge on any atom is 0.319 e. The highest BCUT2D eigenvalue weighted by atomic mass is 16.2. The van der Waals surface area contributed by atoms with E-state index in [1.807, 2.05) is 39.0 Å². The van der Waals surface area contributed by atoms with Crippen LogP contribution in [0.3, 0.4) is 0 Å². The molecule has 20 heavy (non-hydrogen) atoms. The molecular weight excluding hydrogens is 252 g/mol. The van der Waals surface area contributed by atoms with Crippen molar-refractivity contribution in [1.82, 2.24) is 5.32 Å². The van der Waals surface area contributed by atoms with Crippen LogP contribution in [-0.2, 0) is 6.42 Å². The lowest BCUT2D eigenvalue weighted by molar-refractivity contribution is 0.250. The number of benzene rings is 1. The monoisotopic (exact) mass is 274 g/mol. The Bertz CT molecular complexity index is 513. The van der Waals surface area contributed by atoms with E-state index in [1.54, 1.807) is 0 Å². The summed E-state index contributed by atoms with van der Waals surface area (Å²) in [5, 5.41) is 14.3. The summed E-state index contributed by atoms with van der Waals surface area (Å²) in [5.74, 6) is 5.88. The molecule has 0 heterocycles. The molecule has 2 amide bonds. The van der Waals surface area contributed by atoms with Crippen molar-refractivity contribution in [2.45, 2.75) is 39.7 Å². The van der Waals surface area contributed by atoms with Crippen molar-refractivity contribution in [2.24, 2.45) is 0 Å². The van der Waals surface area contributed by atoms with E-state index in [1.165, 1.54) is 0 Å². The molecule has 0 aromatic heterocycles. The van der Waals surface area contributed by atoms with Crippen molar-refractivity contribution in [3.05, 3.63) is 29.3 Å². The molecule has 0 fully saturated rings. The molecule has 0 saturated heterocycles. The molecule has 0 saturated carbocycles. The number of hydrogen-bond acceptors (Lipinski definition) is 2. The number of carbonyl (C=O) groups excluding carboxylic acids is 1. The van der Waals surface area contributed by atoms with E-state index in [9.17, 15) is 4.79 Å². The van der Waals surface area contributed by atoms with Crippen LogP contribution in [0.5, 0.6) is 0 Å². The molecule has 0 bridgehead atoms. The minimum atomic E-state index is -0.200. The predicted octanol–water partition coefficient (Wildman–Crippen LogP) is 2.51. The average Bonchev–Trinajstić information content (AvgIpc) is 2.39. The molecule has 1 aromatic carbocycles. The average molecular weight is 274 g/mol. The largest absolute Gasteiger partial charge is 0.395 e. The normalized spacial score (nSPS) is 9.85. The van der Waals surface area contributed by atoms with Crippen LogP contribution in [0, 0.1) is 11.8 Å². The summed E-state index contributed by atoms with van der Waals surface area (Å²) in [6.45, 7) is 5.94. The van der Waals surface area contributed by atoms with Gasteiger partial charge in [-0.1, -0.05) is 18.8 Å². The zero-order valence-corrected chi connectivity index (χ0v) is 12.3. The zero-order chi connectivity index (χ0) is 15.0. The Morgan fingerprint density at radius 1 is 1.40 bits per heavy atom. The second-order valence-electron chi connectivity index (χ2n) is 4.75. The van der Waals surface area contributed by atoms with Gasteiger partial charge >= 0.3 is 6.03 Å². The SMILES string of the molecule is CCc1cc(C#CCCO)ccc1NC(=O)NC(C)C. The summed E-state index contributed by atoms with van der Waals surface area (Å²) in [7, 11) is 0. The van der Waals surface area contributed by atoms with Gasteiger partial charge < -0.3 is 15.7 Å². The molecule has 0 aliphatic rings. The zero-order valence-electron chi connectivity index (χ0n) is 12.3. The van der Waals surface area contributed by atoms with Gasteiger partial charge in [0.1, 0.15) is 0 Å². The maximum atomic E-state index is 11.7. The molecule has 4 heteroatoms. The van der Waals surface area contributed by atoms with Gasteiger partial charge in [-0.15, -0.1) is 0 Å². The number of aliphatic hydroxyl groups is 1. The third-order valence-electron chi connectivity index (χ3n) is 2.62. The second-order valence-corrected chi connectivity index (χ2v) is 4.75. The molecule has 1 aromatic rings. The van der Waals surface area contributed by atoms with Crippen LogP contribution in [-0.4, -0.2) is 23.8 Å². The first-order valence-electron chi connectivity index (χ1n) is 6.87. The van der Waals surface area contributed by atoms with Crippen molar-refractivity contribution >= 4 is 11.7 Å². The lowest BCUT2D eigenvalue weighted by atomic mass is 10.1. The van der Waals surface area contributed by atoms with E-state index in [4.69, 9.17) is 5.11 Å². The second kappa shape index (κ2) is 8.23. The Kier molecular flexibility index (Phi) is 6.61. The van der Waals surface area contributed by atoms with E-state index >= 15 is 0 Å². The third kappa shape index (κ3) is 5.33. The number of hydrogen-bond donors (Lipinski definition) is 3. The van der Waals surface area contributed by atoms with Crippen molar-refractivity contribution in [2.75, 3.05) is 11.9 Å². The van der Waals surface area contributed by atoms with E-state index in [2.05, 4.69) is 22.5 Å². The van der Waals surface area contributed by atoms with Crippen molar-refractivity contribution in [3.63, 3.8) is 0 Å². The van der Waals surface area contributed by atoms with Crippen LogP contribution in [0.2, 0.25) is 0 Å². The number of carbonyl (C=O) groups is 1. The van der Waals surface area contributed by atoms with Gasteiger partial charge in [0, 0.05) is 23.7 Å². The standard InChI is InChI=1S/C16H22N2O2/c1-4-14-11-13(7-5-6-10-19)8-9-15(14)18-16(20)17-12(2)3/h8-9,11-12,19H,4,6,10H2,1-3H3,(H2,17,18,20). The topological polar surface area (TPSA) is 61.4 Å². The smallest absolute Gasteiger partial charge is 0.319 e. The summed E-state index contributed by atoms with van der Waals surface area (Å²) in [6, 6.07) is 5.60. The summed E-state index contributed by atoms with van der Waals surface area (Å²) >= 11 is 0. The fourth-order valence-electron chi connectivity index (χ4n) is 1.73. The first kappa shape index (κ1) is 16.1. The lowest BCUT2D eigenvalue weighted by Crippen LogP contribution is -2.34. The van der Waals surface area contributed by atoms with Gasteiger partial charge in [-0.3, -0.25) is 0 Å². The highest BCUT2D eigenvalue weighted by Gasteiger charge is 2.07. The van der Waals surface area contributed by atoms with Crippen molar-refractivity contribution in [1.29, 1.82) is 0 Å². The van der Waals surface area contributed by atoms with Gasteiger partial charge in [0.05, 0.1) is 6.61 Å². The number of aliphatic hydroxyl groups excluding tert-OH is 1. The number of anilines is 1. The maximum absolute atomic E-state index is 11.7. The molecule has 0 aliphatic heterocycles. The molecule has 108 valence electrons. The Labute approximate surface area is 120 Å². The Balaban J connectivity index is 2.83. The quantitative estimate of drug-likeness (QED) is 0.739. The number of nitrogens with one attached hydrogen (secondary N) is 2. The van der Waals surface area contributed by atoms with Gasteiger partial charge in [0.2, 0.25) is 0 Å². The number of amides is 2. The third-order valence-corrected chi connectivity index (χ3v) is 2.62.